The molecule has 0 aliphatic carbocycles. The summed E-state index contributed by atoms with van der Waals surface area (Å²) in [6, 6.07) is 6.28. The van der Waals surface area contributed by atoms with E-state index in [1.54, 1.807) is 12.5 Å². The molecule has 0 radical (unpaired) electrons. The molecule has 2 aromatic heterocycles. The molecule has 0 saturated carbocycles. The van der Waals surface area contributed by atoms with Crippen molar-refractivity contribution in [2.24, 2.45) is 0 Å². The molecule has 1 unspecified atom stereocenters. The Hall–Kier alpha value is -2.01. The maximum atomic E-state index is 5.35. The molecule has 20 heavy (non-hydrogen) atoms. The van der Waals surface area contributed by atoms with Crippen LogP contribution in [0.25, 0.3) is 0 Å². The molecular weight excluding hydrogens is 254 g/mol. The minimum atomic E-state index is 0.199. The van der Waals surface area contributed by atoms with Crippen LogP contribution < -0.4 is 10.2 Å². The van der Waals surface area contributed by atoms with Gasteiger partial charge in [-0.2, -0.15) is 0 Å². The van der Waals surface area contributed by atoms with Crippen molar-refractivity contribution in [1.82, 2.24) is 4.98 Å². The lowest BCUT2D eigenvalue weighted by molar-refractivity contribution is 0.122. The van der Waals surface area contributed by atoms with Crippen LogP contribution in [0.5, 0.6) is 0 Å². The van der Waals surface area contributed by atoms with Gasteiger partial charge in [-0.15, -0.1) is 0 Å². The summed E-state index contributed by atoms with van der Waals surface area (Å²) in [4.78, 5) is 6.76. The van der Waals surface area contributed by atoms with Crippen molar-refractivity contribution in [1.29, 1.82) is 0 Å². The Morgan fingerprint density at radius 3 is 2.75 bits per heavy atom. The molecule has 0 amide bonds. The topological polar surface area (TPSA) is 50.5 Å². The van der Waals surface area contributed by atoms with Crippen LogP contribution in [0, 0.1) is 0 Å². The van der Waals surface area contributed by atoms with Crippen LogP contribution in [0.15, 0.2) is 41.3 Å². The van der Waals surface area contributed by atoms with E-state index in [0.717, 1.165) is 43.4 Å². The van der Waals surface area contributed by atoms with Gasteiger partial charge in [0.05, 0.1) is 43.7 Å². The van der Waals surface area contributed by atoms with Crippen molar-refractivity contribution in [2.75, 3.05) is 36.5 Å². The SMILES string of the molecule is CC(Nc1ccc(N2CCOCC2)nc1)c1ccoc1. The van der Waals surface area contributed by atoms with Gasteiger partial charge in [0.15, 0.2) is 0 Å². The van der Waals surface area contributed by atoms with Crippen molar-refractivity contribution in [3.05, 3.63) is 42.5 Å². The number of nitrogens with one attached hydrogen (secondary N) is 1. The van der Waals surface area contributed by atoms with Crippen molar-refractivity contribution >= 4 is 11.5 Å². The lowest BCUT2D eigenvalue weighted by Crippen LogP contribution is -2.36. The van der Waals surface area contributed by atoms with Gasteiger partial charge >= 0.3 is 0 Å². The summed E-state index contributed by atoms with van der Waals surface area (Å²) in [7, 11) is 0. The maximum Gasteiger partial charge on any atom is 0.128 e. The van der Waals surface area contributed by atoms with Gasteiger partial charge in [-0.05, 0) is 25.1 Å². The van der Waals surface area contributed by atoms with Gasteiger partial charge in [-0.25, -0.2) is 4.98 Å². The molecule has 0 spiro atoms. The van der Waals surface area contributed by atoms with E-state index >= 15 is 0 Å². The van der Waals surface area contributed by atoms with Crippen LogP contribution in [0.3, 0.4) is 0 Å². The first-order chi connectivity index (χ1) is 9.83. The number of furan rings is 1. The zero-order valence-electron chi connectivity index (χ0n) is 11.6. The first kappa shape index (κ1) is 13.0. The second-order valence-corrected chi connectivity index (χ2v) is 4.93. The van der Waals surface area contributed by atoms with Crippen molar-refractivity contribution in [3.8, 4) is 0 Å². The number of ether oxygens (including phenoxy) is 1. The molecule has 1 aliphatic rings. The normalized spacial score (nSPS) is 16.9. The number of morpholine rings is 1. The number of pyridine rings is 1. The van der Waals surface area contributed by atoms with E-state index < -0.39 is 0 Å². The van der Waals surface area contributed by atoms with E-state index in [4.69, 9.17) is 9.15 Å². The zero-order chi connectivity index (χ0) is 13.8. The average molecular weight is 273 g/mol. The maximum absolute atomic E-state index is 5.35. The number of nitrogens with zero attached hydrogens (tertiary/aromatic N) is 2. The standard InChI is InChI=1S/C15H19N3O2/c1-12(13-4-7-20-11-13)17-14-2-3-15(16-10-14)18-5-8-19-9-6-18/h2-4,7,10-12,17H,5-6,8-9H2,1H3. The van der Waals surface area contributed by atoms with Crippen molar-refractivity contribution in [2.45, 2.75) is 13.0 Å². The number of rotatable bonds is 4. The predicted octanol–water partition coefficient (Wildman–Crippen LogP) is 2.68. The first-order valence-electron chi connectivity index (χ1n) is 6.90. The highest BCUT2D eigenvalue weighted by atomic mass is 16.5. The highest BCUT2D eigenvalue weighted by Gasteiger charge is 2.12. The van der Waals surface area contributed by atoms with Crippen LogP contribution in [0.1, 0.15) is 18.5 Å². The summed E-state index contributed by atoms with van der Waals surface area (Å²) in [5, 5.41) is 3.41. The van der Waals surface area contributed by atoms with E-state index in [2.05, 4.69) is 34.3 Å². The molecule has 1 saturated heterocycles. The smallest absolute Gasteiger partial charge is 0.128 e. The van der Waals surface area contributed by atoms with Gasteiger partial charge in [0.2, 0.25) is 0 Å². The molecule has 5 heteroatoms. The molecule has 0 bridgehead atoms. The Labute approximate surface area is 118 Å². The Morgan fingerprint density at radius 2 is 2.10 bits per heavy atom. The number of hydrogen-bond donors (Lipinski definition) is 1. The van der Waals surface area contributed by atoms with E-state index in [0.29, 0.717) is 0 Å². The largest absolute Gasteiger partial charge is 0.472 e. The van der Waals surface area contributed by atoms with Crippen LogP contribution in [-0.4, -0.2) is 31.3 Å². The number of aromatic nitrogens is 1. The van der Waals surface area contributed by atoms with Gasteiger partial charge in [-0.1, -0.05) is 0 Å². The highest BCUT2D eigenvalue weighted by Crippen LogP contribution is 2.21. The summed E-state index contributed by atoms with van der Waals surface area (Å²) in [6.45, 7) is 5.47. The molecule has 1 aliphatic heterocycles. The monoisotopic (exact) mass is 273 g/mol. The molecule has 3 heterocycles. The fraction of sp³-hybridized carbons (Fsp3) is 0.400. The highest BCUT2D eigenvalue weighted by molar-refractivity contribution is 5.49. The fourth-order valence-electron chi connectivity index (χ4n) is 2.31. The van der Waals surface area contributed by atoms with Gasteiger partial charge in [-0.3, -0.25) is 0 Å². The number of hydrogen-bond acceptors (Lipinski definition) is 5. The zero-order valence-corrected chi connectivity index (χ0v) is 11.6. The molecule has 106 valence electrons. The first-order valence-corrected chi connectivity index (χ1v) is 6.90. The molecule has 2 aromatic rings. The molecular formula is C15H19N3O2. The average Bonchev–Trinajstić information content (AvgIpc) is 3.03. The second kappa shape index (κ2) is 5.96. The molecule has 1 N–H and O–H groups in total. The van der Waals surface area contributed by atoms with Crippen LogP contribution in [-0.2, 0) is 4.74 Å². The minimum absolute atomic E-state index is 0.199. The Morgan fingerprint density at radius 1 is 1.25 bits per heavy atom. The summed E-state index contributed by atoms with van der Waals surface area (Å²) in [6.07, 6.45) is 5.32. The lowest BCUT2D eigenvalue weighted by atomic mass is 10.2. The quantitative estimate of drug-likeness (QED) is 0.928. The summed E-state index contributed by atoms with van der Waals surface area (Å²) in [5.74, 6) is 1.01. The van der Waals surface area contributed by atoms with Crippen LogP contribution in [0.2, 0.25) is 0 Å². The van der Waals surface area contributed by atoms with Gasteiger partial charge in [0, 0.05) is 18.7 Å². The lowest BCUT2D eigenvalue weighted by Gasteiger charge is -2.27. The third-order valence-electron chi connectivity index (χ3n) is 3.51. The van der Waals surface area contributed by atoms with Crippen LogP contribution in [0.4, 0.5) is 11.5 Å². The van der Waals surface area contributed by atoms with E-state index in [1.807, 2.05) is 12.3 Å². The van der Waals surface area contributed by atoms with E-state index in [-0.39, 0.29) is 6.04 Å². The van der Waals surface area contributed by atoms with Crippen molar-refractivity contribution in [3.63, 3.8) is 0 Å². The third-order valence-corrected chi connectivity index (χ3v) is 3.51. The van der Waals surface area contributed by atoms with E-state index in [9.17, 15) is 0 Å². The molecule has 1 fully saturated rings. The Kier molecular flexibility index (Phi) is 3.87. The molecule has 3 rings (SSSR count). The summed E-state index contributed by atoms with van der Waals surface area (Å²) < 4.78 is 10.4. The number of anilines is 2. The van der Waals surface area contributed by atoms with Crippen molar-refractivity contribution < 1.29 is 9.15 Å². The predicted molar refractivity (Wildman–Crippen MR) is 78.0 cm³/mol. The van der Waals surface area contributed by atoms with E-state index in [1.165, 1.54) is 0 Å². The molecule has 0 aromatic carbocycles. The van der Waals surface area contributed by atoms with Crippen LogP contribution >= 0.6 is 0 Å². The van der Waals surface area contributed by atoms with Gasteiger partial charge < -0.3 is 19.4 Å². The Bertz CT molecular complexity index is 519. The third kappa shape index (κ3) is 2.93. The van der Waals surface area contributed by atoms with Gasteiger partial charge in [0.1, 0.15) is 5.82 Å². The summed E-state index contributed by atoms with van der Waals surface area (Å²) in [5.41, 5.74) is 2.14. The van der Waals surface area contributed by atoms with Gasteiger partial charge in [0.25, 0.3) is 0 Å². The molecule has 1 atom stereocenters. The summed E-state index contributed by atoms with van der Waals surface area (Å²) >= 11 is 0. The molecule has 5 nitrogen and oxygen atoms in total. The Balaban J connectivity index is 1.63. The fourth-order valence-corrected chi connectivity index (χ4v) is 2.31. The minimum Gasteiger partial charge on any atom is -0.472 e. The second-order valence-electron chi connectivity index (χ2n) is 4.93.